The van der Waals surface area contributed by atoms with E-state index in [0.29, 0.717) is 37.6 Å². The third-order valence-corrected chi connectivity index (χ3v) is 6.07. The summed E-state index contributed by atoms with van der Waals surface area (Å²) in [6.45, 7) is 3.22. The molecule has 0 unspecified atom stereocenters. The molecule has 1 aromatic heterocycles. The number of hydrogen-bond donors (Lipinski definition) is 1. The van der Waals surface area contributed by atoms with Crippen LogP contribution in [-0.2, 0) is 21.8 Å². The maximum absolute atomic E-state index is 12.7. The Morgan fingerprint density at radius 2 is 2.00 bits per heavy atom. The Morgan fingerprint density at radius 3 is 2.64 bits per heavy atom. The SMILES string of the molecule is Cc1c(C(=O)Nc2cccc(S(=O)(=O)N3CCOCC3)c2)cnn1C. The molecular formula is C16H20N4O4S. The molecule has 2 aromatic rings. The zero-order valence-electron chi connectivity index (χ0n) is 14.1. The van der Waals surface area contributed by atoms with Gasteiger partial charge in [0.1, 0.15) is 0 Å². The second kappa shape index (κ2) is 6.95. The van der Waals surface area contributed by atoms with Crippen LogP contribution in [0, 0.1) is 6.92 Å². The van der Waals surface area contributed by atoms with E-state index in [2.05, 4.69) is 10.4 Å². The second-order valence-electron chi connectivity index (χ2n) is 5.77. The van der Waals surface area contributed by atoms with Crippen molar-refractivity contribution in [1.29, 1.82) is 0 Å². The van der Waals surface area contributed by atoms with Crippen molar-refractivity contribution in [1.82, 2.24) is 14.1 Å². The number of aryl methyl sites for hydroxylation is 1. The Bertz CT molecular complexity index is 885. The summed E-state index contributed by atoms with van der Waals surface area (Å²) in [6.07, 6.45) is 1.49. The third-order valence-electron chi connectivity index (χ3n) is 4.18. The van der Waals surface area contributed by atoms with Gasteiger partial charge in [-0.15, -0.1) is 0 Å². The topological polar surface area (TPSA) is 93.5 Å². The number of nitrogens with zero attached hydrogens (tertiary/aromatic N) is 3. The third kappa shape index (κ3) is 3.58. The van der Waals surface area contributed by atoms with Gasteiger partial charge < -0.3 is 10.1 Å². The maximum Gasteiger partial charge on any atom is 0.259 e. The standard InChI is InChI=1S/C16H20N4O4S/c1-12-15(11-17-19(12)2)16(21)18-13-4-3-5-14(10-13)25(22,23)20-6-8-24-9-7-20/h3-5,10-11H,6-9H2,1-2H3,(H,18,21). The molecule has 1 aromatic carbocycles. The Hall–Kier alpha value is -2.23. The summed E-state index contributed by atoms with van der Waals surface area (Å²) in [4.78, 5) is 12.5. The van der Waals surface area contributed by atoms with Gasteiger partial charge in [-0.3, -0.25) is 9.48 Å². The van der Waals surface area contributed by atoms with Gasteiger partial charge in [0.2, 0.25) is 10.0 Å². The van der Waals surface area contributed by atoms with E-state index in [0.717, 1.165) is 5.69 Å². The summed E-state index contributed by atoms with van der Waals surface area (Å²) in [5.74, 6) is -0.327. The van der Waals surface area contributed by atoms with E-state index in [1.165, 1.54) is 22.6 Å². The minimum absolute atomic E-state index is 0.148. The smallest absolute Gasteiger partial charge is 0.259 e. The average Bonchev–Trinajstić information content (AvgIpc) is 2.95. The molecule has 1 N–H and O–H groups in total. The van der Waals surface area contributed by atoms with Crippen LogP contribution in [-0.4, -0.2) is 54.7 Å². The molecule has 2 heterocycles. The highest BCUT2D eigenvalue weighted by Gasteiger charge is 2.26. The minimum Gasteiger partial charge on any atom is -0.379 e. The first-order valence-electron chi connectivity index (χ1n) is 7.87. The molecule has 134 valence electrons. The number of amides is 1. The number of anilines is 1. The molecule has 1 aliphatic heterocycles. The van der Waals surface area contributed by atoms with Gasteiger partial charge in [-0.25, -0.2) is 8.42 Å². The van der Waals surface area contributed by atoms with E-state index in [-0.39, 0.29) is 10.8 Å². The van der Waals surface area contributed by atoms with Gasteiger partial charge in [0.15, 0.2) is 0 Å². The van der Waals surface area contributed by atoms with Crippen LogP contribution in [0.25, 0.3) is 0 Å². The fraction of sp³-hybridized carbons (Fsp3) is 0.375. The Morgan fingerprint density at radius 1 is 1.28 bits per heavy atom. The summed E-state index contributed by atoms with van der Waals surface area (Å²) in [7, 11) is -1.85. The highest BCUT2D eigenvalue weighted by atomic mass is 32.2. The summed E-state index contributed by atoms with van der Waals surface area (Å²) < 4.78 is 33.6. The molecule has 0 radical (unpaired) electrons. The van der Waals surface area contributed by atoms with E-state index in [9.17, 15) is 13.2 Å². The minimum atomic E-state index is -3.60. The van der Waals surface area contributed by atoms with Crippen LogP contribution < -0.4 is 5.32 Å². The lowest BCUT2D eigenvalue weighted by Crippen LogP contribution is -2.40. The largest absolute Gasteiger partial charge is 0.379 e. The molecule has 0 spiro atoms. The highest BCUT2D eigenvalue weighted by Crippen LogP contribution is 2.21. The summed E-state index contributed by atoms with van der Waals surface area (Å²) in [5, 5.41) is 6.77. The van der Waals surface area contributed by atoms with Gasteiger partial charge >= 0.3 is 0 Å². The van der Waals surface area contributed by atoms with E-state index in [1.54, 1.807) is 30.8 Å². The molecule has 1 aliphatic rings. The molecule has 0 atom stereocenters. The van der Waals surface area contributed by atoms with Crippen molar-refractivity contribution in [2.45, 2.75) is 11.8 Å². The highest BCUT2D eigenvalue weighted by molar-refractivity contribution is 7.89. The quantitative estimate of drug-likeness (QED) is 0.874. The zero-order valence-corrected chi connectivity index (χ0v) is 14.9. The van der Waals surface area contributed by atoms with Crippen LogP contribution in [0.2, 0.25) is 0 Å². The van der Waals surface area contributed by atoms with Crippen molar-refractivity contribution in [3.05, 3.63) is 41.7 Å². The Balaban J connectivity index is 1.82. The summed E-state index contributed by atoms with van der Waals surface area (Å²) in [6, 6.07) is 6.26. The van der Waals surface area contributed by atoms with Gasteiger partial charge in [0.25, 0.3) is 5.91 Å². The van der Waals surface area contributed by atoms with Crippen LogP contribution in [0.15, 0.2) is 35.4 Å². The Labute approximate surface area is 146 Å². The molecule has 1 amide bonds. The zero-order chi connectivity index (χ0) is 18.0. The molecule has 9 heteroatoms. The van der Waals surface area contributed by atoms with Crippen molar-refractivity contribution in [2.75, 3.05) is 31.6 Å². The number of hydrogen-bond acceptors (Lipinski definition) is 5. The van der Waals surface area contributed by atoms with Crippen molar-refractivity contribution in [3.63, 3.8) is 0 Å². The lowest BCUT2D eigenvalue weighted by Gasteiger charge is -2.26. The van der Waals surface area contributed by atoms with Gasteiger partial charge in [-0.2, -0.15) is 9.40 Å². The van der Waals surface area contributed by atoms with E-state index < -0.39 is 10.0 Å². The molecule has 8 nitrogen and oxygen atoms in total. The van der Waals surface area contributed by atoms with Crippen LogP contribution >= 0.6 is 0 Å². The van der Waals surface area contributed by atoms with Crippen LogP contribution in [0.1, 0.15) is 16.1 Å². The number of rotatable bonds is 4. The number of nitrogens with one attached hydrogen (secondary N) is 1. The lowest BCUT2D eigenvalue weighted by molar-refractivity contribution is 0.0730. The molecule has 1 saturated heterocycles. The number of morpholine rings is 1. The van der Waals surface area contributed by atoms with Crippen molar-refractivity contribution in [2.24, 2.45) is 7.05 Å². The second-order valence-corrected chi connectivity index (χ2v) is 7.70. The first-order chi connectivity index (χ1) is 11.9. The van der Waals surface area contributed by atoms with Crippen LogP contribution in [0.4, 0.5) is 5.69 Å². The summed E-state index contributed by atoms with van der Waals surface area (Å²) in [5.41, 5.74) is 1.60. The number of carbonyl (C=O) groups excluding carboxylic acids is 1. The fourth-order valence-corrected chi connectivity index (χ4v) is 4.04. The first kappa shape index (κ1) is 17.6. The van der Waals surface area contributed by atoms with Crippen molar-refractivity contribution >= 4 is 21.6 Å². The molecule has 0 bridgehead atoms. The van der Waals surface area contributed by atoms with E-state index >= 15 is 0 Å². The molecule has 0 saturated carbocycles. The normalized spacial score (nSPS) is 15.9. The van der Waals surface area contributed by atoms with Crippen LogP contribution in [0.5, 0.6) is 0 Å². The van der Waals surface area contributed by atoms with Crippen molar-refractivity contribution in [3.8, 4) is 0 Å². The molecule has 3 rings (SSSR count). The summed E-state index contributed by atoms with van der Waals surface area (Å²) >= 11 is 0. The molecule has 1 fully saturated rings. The predicted octanol–water partition coefficient (Wildman–Crippen LogP) is 1.00. The van der Waals surface area contributed by atoms with Gasteiger partial charge in [0.05, 0.1) is 29.9 Å². The maximum atomic E-state index is 12.7. The average molecular weight is 364 g/mol. The number of carbonyl (C=O) groups is 1. The van der Waals surface area contributed by atoms with Gasteiger partial charge in [-0.05, 0) is 25.1 Å². The van der Waals surface area contributed by atoms with E-state index in [1.807, 2.05) is 0 Å². The predicted molar refractivity (Wildman–Crippen MR) is 91.9 cm³/mol. The van der Waals surface area contributed by atoms with E-state index in [4.69, 9.17) is 4.74 Å². The molecule has 25 heavy (non-hydrogen) atoms. The molecular weight excluding hydrogens is 344 g/mol. The number of ether oxygens (including phenoxy) is 1. The van der Waals surface area contributed by atoms with Gasteiger partial charge in [-0.1, -0.05) is 6.07 Å². The van der Waals surface area contributed by atoms with Crippen molar-refractivity contribution < 1.29 is 17.9 Å². The molecule has 0 aliphatic carbocycles. The van der Waals surface area contributed by atoms with Gasteiger partial charge in [0, 0.05) is 31.5 Å². The monoisotopic (exact) mass is 364 g/mol. The van der Waals surface area contributed by atoms with Crippen LogP contribution in [0.3, 0.4) is 0 Å². The Kier molecular flexibility index (Phi) is 4.89. The fourth-order valence-electron chi connectivity index (χ4n) is 2.59. The lowest BCUT2D eigenvalue weighted by atomic mass is 10.2. The number of aromatic nitrogens is 2. The number of benzene rings is 1. The first-order valence-corrected chi connectivity index (χ1v) is 9.31. The number of sulfonamides is 1.